The van der Waals surface area contributed by atoms with E-state index in [1.165, 1.54) is 0 Å². The number of ether oxygens (including phenoxy) is 1. The Morgan fingerprint density at radius 3 is 2.44 bits per heavy atom. The van der Waals surface area contributed by atoms with Crippen LogP contribution in [0.25, 0.3) is 0 Å². The summed E-state index contributed by atoms with van der Waals surface area (Å²) < 4.78 is 43.0. The van der Waals surface area contributed by atoms with Crippen LogP contribution in [0.2, 0.25) is 5.02 Å². The average Bonchev–Trinajstić information content (AvgIpc) is 2.77. The van der Waals surface area contributed by atoms with E-state index in [1.807, 2.05) is 0 Å². The zero-order valence-corrected chi connectivity index (χ0v) is 18.5. The summed E-state index contributed by atoms with van der Waals surface area (Å²) in [5.41, 5.74) is 1.44. The van der Waals surface area contributed by atoms with Gasteiger partial charge in [-0.1, -0.05) is 23.7 Å². The van der Waals surface area contributed by atoms with Crippen LogP contribution >= 0.6 is 11.6 Å². The summed E-state index contributed by atoms with van der Waals surface area (Å²) in [5, 5.41) is 7.17. The highest BCUT2D eigenvalue weighted by atomic mass is 35.5. The number of nitrogens with zero attached hydrogens (tertiary/aromatic N) is 1. The maximum Gasteiger partial charge on any atom is 0.276 e. The third kappa shape index (κ3) is 6.53. The SMILES string of the molecule is CC(=NNS(=O)(=O)c1ccc(F)cc1)c1cccc(NC(=O)COc2ccc(Cl)cc2)c1. The van der Waals surface area contributed by atoms with Crippen LogP contribution in [-0.2, 0) is 14.8 Å². The molecule has 0 bridgehead atoms. The van der Waals surface area contributed by atoms with Crippen molar-refractivity contribution in [2.45, 2.75) is 11.8 Å². The van der Waals surface area contributed by atoms with Crippen LogP contribution in [0.1, 0.15) is 12.5 Å². The molecule has 0 aliphatic carbocycles. The van der Waals surface area contributed by atoms with Crippen molar-refractivity contribution < 1.29 is 22.3 Å². The van der Waals surface area contributed by atoms with Crippen LogP contribution in [0.15, 0.2) is 82.8 Å². The summed E-state index contributed by atoms with van der Waals surface area (Å²) in [5.74, 6) is -0.403. The van der Waals surface area contributed by atoms with Crippen LogP contribution < -0.4 is 14.9 Å². The first-order chi connectivity index (χ1) is 15.2. The molecule has 7 nitrogen and oxygen atoms in total. The van der Waals surface area contributed by atoms with Crippen LogP contribution in [0.5, 0.6) is 5.75 Å². The molecule has 0 aliphatic rings. The van der Waals surface area contributed by atoms with Crippen LogP contribution in [0, 0.1) is 5.82 Å². The van der Waals surface area contributed by atoms with Gasteiger partial charge in [-0.3, -0.25) is 4.79 Å². The minimum Gasteiger partial charge on any atom is -0.484 e. The number of benzene rings is 3. The summed E-state index contributed by atoms with van der Waals surface area (Å²) in [4.78, 5) is 14.2. The molecule has 10 heteroatoms. The fraction of sp³-hybridized carbons (Fsp3) is 0.0909. The number of anilines is 1. The van der Waals surface area contributed by atoms with Crippen molar-refractivity contribution in [2.75, 3.05) is 11.9 Å². The van der Waals surface area contributed by atoms with Gasteiger partial charge in [-0.05, 0) is 73.2 Å². The Morgan fingerprint density at radius 1 is 1.06 bits per heavy atom. The molecule has 32 heavy (non-hydrogen) atoms. The third-order valence-electron chi connectivity index (χ3n) is 4.21. The number of sulfonamides is 1. The predicted molar refractivity (Wildman–Crippen MR) is 121 cm³/mol. The number of amides is 1. The summed E-state index contributed by atoms with van der Waals surface area (Å²) >= 11 is 5.81. The minimum atomic E-state index is -3.94. The van der Waals surface area contributed by atoms with Crippen LogP contribution in [-0.4, -0.2) is 26.6 Å². The van der Waals surface area contributed by atoms with Crippen molar-refractivity contribution in [3.8, 4) is 5.75 Å². The Morgan fingerprint density at radius 2 is 1.75 bits per heavy atom. The largest absolute Gasteiger partial charge is 0.484 e. The number of carbonyl (C=O) groups is 1. The van der Waals surface area contributed by atoms with Crippen molar-refractivity contribution in [3.63, 3.8) is 0 Å². The quantitative estimate of drug-likeness (QED) is 0.377. The lowest BCUT2D eigenvalue weighted by atomic mass is 10.1. The molecule has 3 aromatic carbocycles. The van der Waals surface area contributed by atoms with Gasteiger partial charge >= 0.3 is 0 Å². The molecule has 2 N–H and O–H groups in total. The van der Waals surface area contributed by atoms with E-state index < -0.39 is 15.8 Å². The molecule has 0 aliphatic heterocycles. The maximum absolute atomic E-state index is 13.0. The van der Waals surface area contributed by atoms with Gasteiger partial charge in [0.25, 0.3) is 15.9 Å². The number of carbonyl (C=O) groups excluding carboxylic acids is 1. The molecule has 3 aromatic rings. The molecule has 0 saturated carbocycles. The molecule has 3 rings (SSSR count). The fourth-order valence-corrected chi connectivity index (χ4v) is 3.54. The number of rotatable bonds is 8. The Hall–Kier alpha value is -3.43. The zero-order valence-electron chi connectivity index (χ0n) is 16.9. The number of nitrogens with one attached hydrogen (secondary N) is 2. The van der Waals surface area contributed by atoms with Crippen molar-refractivity contribution in [1.82, 2.24) is 4.83 Å². The zero-order chi connectivity index (χ0) is 23.1. The van der Waals surface area contributed by atoms with E-state index in [4.69, 9.17) is 16.3 Å². The molecule has 0 aromatic heterocycles. The lowest BCUT2D eigenvalue weighted by Gasteiger charge is -2.09. The number of halogens is 2. The number of hydrazone groups is 1. The van der Waals surface area contributed by atoms with Gasteiger partial charge in [-0.15, -0.1) is 0 Å². The number of hydrogen-bond acceptors (Lipinski definition) is 5. The van der Waals surface area contributed by atoms with E-state index in [-0.39, 0.29) is 17.4 Å². The second kappa shape index (κ2) is 10.3. The first-order valence-electron chi connectivity index (χ1n) is 9.33. The van der Waals surface area contributed by atoms with Crippen LogP contribution in [0.4, 0.5) is 10.1 Å². The molecular formula is C22H19ClFN3O4S. The topological polar surface area (TPSA) is 96.9 Å². The second-order valence-corrected chi connectivity index (χ2v) is 8.71. The van der Waals surface area contributed by atoms with Gasteiger partial charge in [0, 0.05) is 10.7 Å². The minimum absolute atomic E-state index is 0.114. The molecule has 1 amide bonds. The highest BCUT2D eigenvalue weighted by Crippen LogP contribution is 2.16. The molecule has 0 saturated heterocycles. The molecule has 166 valence electrons. The molecule has 0 heterocycles. The summed E-state index contributed by atoms with van der Waals surface area (Å²) in [6, 6.07) is 17.7. The molecule has 0 atom stereocenters. The van der Waals surface area contributed by atoms with Crippen molar-refractivity contribution in [3.05, 3.63) is 89.2 Å². The van der Waals surface area contributed by atoms with Gasteiger partial charge in [-0.25, -0.2) is 4.39 Å². The number of hydrogen-bond donors (Lipinski definition) is 2. The van der Waals surface area contributed by atoms with Crippen molar-refractivity contribution in [2.24, 2.45) is 5.10 Å². The van der Waals surface area contributed by atoms with E-state index in [1.54, 1.807) is 55.5 Å². The van der Waals surface area contributed by atoms with E-state index in [0.717, 1.165) is 24.3 Å². The van der Waals surface area contributed by atoms with Gasteiger partial charge < -0.3 is 10.1 Å². The van der Waals surface area contributed by atoms with Gasteiger partial charge in [0.1, 0.15) is 11.6 Å². The molecular weight excluding hydrogens is 457 g/mol. The normalized spacial score (nSPS) is 11.7. The molecule has 0 radical (unpaired) electrons. The summed E-state index contributed by atoms with van der Waals surface area (Å²) in [6.07, 6.45) is 0. The van der Waals surface area contributed by atoms with Crippen molar-refractivity contribution >= 4 is 38.9 Å². The molecule has 0 spiro atoms. The average molecular weight is 476 g/mol. The van der Waals surface area contributed by atoms with Gasteiger partial charge in [0.15, 0.2) is 6.61 Å². The fourth-order valence-electron chi connectivity index (χ4n) is 2.56. The van der Waals surface area contributed by atoms with E-state index in [0.29, 0.717) is 27.7 Å². The molecule has 0 fully saturated rings. The monoisotopic (exact) mass is 475 g/mol. The van der Waals surface area contributed by atoms with E-state index >= 15 is 0 Å². The van der Waals surface area contributed by atoms with E-state index in [9.17, 15) is 17.6 Å². The smallest absolute Gasteiger partial charge is 0.276 e. The Bertz CT molecular complexity index is 1230. The maximum atomic E-state index is 13.0. The first kappa shape index (κ1) is 23.2. The Labute approximate surface area is 189 Å². The summed E-state index contributed by atoms with van der Waals surface area (Å²) in [7, 11) is -3.94. The Kier molecular flexibility index (Phi) is 7.45. The lowest BCUT2D eigenvalue weighted by Crippen LogP contribution is -2.21. The predicted octanol–water partition coefficient (Wildman–Crippen LogP) is 4.20. The molecule has 0 unspecified atom stereocenters. The highest BCUT2D eigenvalue weighted by molar-refractivity contribution is 7.89. The van der Waals surface area contributed by atoms with Gasteiger partial charge in [-0.2, -0.15) is 18.4 Å². The van der Waals surface area contributed by atoms with Gasteiger partial charge in [0.2, 0.25) is 0 Å². The van der Waals surface area contributed by atoms with Crippen molar-refractivity contribution in [1.29, 1.82) is 0 Å². The first-order valence-corrected chi connectivity index (χ1v) is 11.2. The summed E-state index contributed by atoms with van der Waals surface area (Å²) in [6.45, 7) is 1.41. The lowest BCUT2D eigenvalue weighted by molar-refractivity contribution is -0.118. The second-order valence-electron chi connectivity index (χ2n) is 6.62. The van der Waals surface area contributed by atoms with E-state index in [2.05, 4.69) is 15.2 Å². The third-order valence-corrected chi connectivity index (χ3v) is 5.68. The highest BCUT2D eigenvalue weighted by Gasteiger charge is 2.13. The van der Waals surface area contributed by atoms with Crippen LogP contribution in [0.3, 0.4) is 0 Å². The standard InChI is InChI=1S/C22H19ClFN3O4S/c1-15(26-27-32(29,30)21-11-7-18(24)8-12-21)16-3-2-4-19(13-16)25-22(28)14-31-20-9-5-17(23)6-10-20/h2-13,27H,14H2,1H3,(H,25,28). The van der Waals surface area contributed by atoms with Gasteiger partial charge in [0.05, 0.1) is 10.6 Å². The Balaban J connectivity index is 1.62.